The third-order valence-electron chi connectivity index (χ3n) is 2.98. The number of nitrogens with zero attached hydrogens (tertiary/aromatic N) is 1. The molecule has 1 aliphatic rings. The second kappa shape index (κ2) is 7.70. The normalized spacial score (nSPS) is 24.8. The number of halogens is 6. The Morgan fingerprint density at radius 3 is 1.96 bits per heavy atom. The minimum atomic E-state index is -5.36. The Hall–Kier alpha value is -1.02. The first-order chi connectivity index (χ1) is 10.5. The molecule has 0 saturated heterocycles. The van der Waals surface area contributed by atoms with Crippen LogP contribution in [0.2, 0.25) is 0 Å². The van der Waals surface area contributed by atoms with Crippen molar-refractivity contribution in [2.24, 2.45) is 3.77 Å². The van der Waals surface area contributed by atoms with E-state index in [1.807, 2.05) is 0 Å². The Morgan fingerprint density at radius 1 is 1.04 bits per heavy atom. The minimum absolute atomic E-state index is 0.202. The third-order valence-corrected chi connectivity index (χ3v) is 6.59. The van der Waals surface area contributed by atoms with Gasteiger partial charge in [0.05, 0.1) is 5.25 Å². The fraction of sp³-hybridized carbons (Fsp3) is 0.778. The van der Waals surface area contributed by atoms with Gasteiger partial charge in [0.25, 0.3) is 20.0 Å². The Kier molecular flexibility index (Phi) is 6.70. The molecule has 0 spiro atoms. The van der Waals surface area contributed by atoms with E-state index in [1.165, 1.54) is 0 Å². The fourth-order valence-corrected chi connectivity index (χ4v) is 4.84. The first kappa shape index (κ1) is 20.0. The highest BCUT2D eigenvalue weighted by Gasteiger charge is 2.36. The maximum Gasteiger partial charge on any atom is 0.346 e. The molecule has 1 aliphatic carbocycles. The van der Waals surface area contributed by atoms with Crippen molar-refractivity contribution in [2.45, 2.75) is 42.8 Å². The van der Waals surface area contributed by atoms with Gasteiger partial charge in [-0.25, -0.2) is 12.6 Å². The monoisotopic (exact) mass is 391 g/mol. The summed E-state index contributed by atoms with van der Waals surface area (Å²) in [6, 6.07) is -2.09. The van der Waals surface area contributed by atoms with Crippen molar-refractivity contribution in [1.29, 1.82) is 0 Å². The Morgan fingerprint density at radius 2 is 1.57 bits per heavy atom. The highest BCUT2D eigenvalue weighted by atomic mass is 32.3. The van der Waals surface area contributed by atoms with E-state index in [9.17, 15) is 39.1 Å². The van der Waals surface area contributed by atoms with Crippen LogP contribution in [-0.4, -0.2) is 29.7 Å². The maximum absolute atomic E-state index is 12.6. The topological polar surface area (TPSA) is 82.0 Å². The Balaban J connectivity index is 2.82. The third kappa shape index (κ3) is 5.24. The average molecular weight is 391 g/mol. The number of ether oxygens (including phenoxy) is 1. The van der Waals surface area contributed by atoms with Crippen molar-refractivity contribution >= 4 is 20.0 Å². The van der Waals surface area contributed by atoms with Crippen LogP contribution in [0.25, 0.3) is 0 Å². The van der Waals surface area contributed by atoms with Gasteiger partial charge in [-0.2, -0.15) is 22.0 Å². The lowest BCUT2D eigenvalue weighted by molar-refractivity contribution is -0.000803. The fourth-order valence-electron chi connectivity index (χ4n) is 1.92. The molecule has 0 aromatic heterocycles. The number of rotatable bonds is 6. The van der Waals surface area contributed by atoms with Gasteiger partial charge in [0.15, 0.2) is 0 Å². The molecule has 1 rings (SSSR count). The van der Waals surface area contributed by atoms with Gasteiger partial charge in [-0.15, -0.1) is 0 Å². The molecule has 0 bridgehead atoms. The molecular weight excluding hydrogens is 380 g/mol. The van der Waals surface area contributed by atoms with Crippen LogP contribution in [0.3, 0.4) is 0 Å². The van der Waals surface area contributed by atoms with Crippen molar-refractivity contribution in [2.75, 3.05) is 0 Å². The smallest absolute Gasteiger partial charge is 0.346 e. The first-order valence-corrected chi connectivity index (χ1v) is 8.99. The van der Waals surface area contributed by atoms with Gasteiger partial charge < -0.3 is 4.74 Å². The largest absolute Gasteiger partial charge is 0.464 e. The molecule has 0 aromatic carbocycles. The SMILES string of the molecule is O=S(=O)(N=S(=O)(OF)C(F)F)C1CCC(OC(F)=C(F)F)CC1. The van der Waals surface area contributed by atoms with Crippen LogP contribution >= 0.6 is 0 Å². The summed E-state index contributed by atoms with van der Waals surface area (Å²) in [7, 11) is -10.1. The van der Waals surface area contributed by atoms with Crippen LogP contribution < -0.4 is 0 Å². The maximum atomic E-state index is 12.6. The summed E-state index contributed by atoms with van der Waals surface area (Å²) in [4.78, 5) is 0. The van der Waals surface area contributed by atoms with E-state index in [0.29, 0.717) is 0 Å². The molecule has 0 N–H and O–H groups in total. The predicted molar refractivity (Wildman–Crippen MR) is 65.2 cm³/mol. The molecule has 14 heteroatoms. The molecule has 1 fully saturated rings. The van der Waals surface area contributed by atoms with E-state index in [2.05, 4.69) is 12.9 Å². The zero-order valence-corrected chi connectivity index (χ0v) is 12.8. The standard InChI is InChI=1S/C9H11F6NO5S2/c10-7(11)8(12)20-5-1-3-6(4-2-5)22(17,18)16-23(19,21-15)9(13)14/h5-6,9H,1-4H2. The summed E-state index contributed by atoms with van der Waals surface area (Å²) in [5, 5.41) is -1.42. The summed E-state index contributed by atoms with van der Waals surface area (Å²) in [5.41, 5.74) is 0. The lowest BCUT2D eigenvalue weighted by Crippen LogP contribution is -2.30. The number of alkyl halides is 2. The van der Waals surface area contributed by atoms with Gasteiger partial charge in [-0.1, -0.05) is 8.16 Å². The van der Waals surface area contributed by atoms with E-state index in [4.69, 9.17) is 0 Å². The van der Waals surface area contributed by atoms with Crippen molar-refractivity contribution < 1.29 is 48.2 Å². The molecule has 6 nitrogen and oxygen atoms in total. The molecule has 1 atom stereocenters. The lowest BCUT2D eigenvalue weighted by Gasteiger charge is -2.26. The van der Waals surface area contributed by atoms with Gasteiger partial charge in [-0.3, -0.25) is 0 Å². The summed E-state index contributed by atoms with van der Waals surface area (Å²) in [5.74, 6) is -3.99. The Bertz CT molecular complexity index is 660. The highest BCUT2D eigenvalue weighted by Crippen LogP contribution is 2.30. The lowest BCUT2D eigenvalue weighted by atomic mass is 9.97. The molecule has 0 aliphatic heterocycles. The zero-order valence-electron chi connectivity index (χ0n) is 11.1. The van der Waals surface area contributed by atoms with Gasteiger partial charge in [-0.05, 0) is 30.2 Å². The highest BCUT2D eigenvalue weighted by molar-refractivity contribution is 8.01. The summed E-state index contributed by atoms with van der Waals surface area (Å²) < 4.78 is 117. The molecule has 0 amide bonds. The van der Waals surface area contributed by atoms with E-state index in [-0.39, 0.29) is 25.7 Å². The molecule has 1 saturated carbocycles. The molecule has 0 heterocycles. The average Bonchev–Trinajstić information content (AvgIpc) is 2.46. The van der Waals surface area contributed by atoms with Crippen LogP contribution in [0.1, 0.15) is 25.7 Å². The van der Waals surface area contributed by atoms with E-state index in [0.717, 1.165) is 0 Å². The van der Waals surface area contributed by atoms with E-state index in [1.54, 1.807) is 0 Å². The predicted octanol–water partition coefficient (Wildman–Crippen LogP) is 3.19. The molecular formula is C9H11F6NO5S2. The van der Waals surface area contributed by atoms with Crippen molar-refractivity contribution in [3.8, 4) is 0 Å². The van der Waals surface area contributed by atoms with Gasteiger partial charge in [0, 0.05) is 0 Å². The quantitative estimate of drug-likeness (QED) is 0.513. The van der Waals surface area contributed by atoms with Crippen molar-refractivity contribution in [3.05, 3.63) is 12.1 Å². The first-order valence-electron chi connectivity index (χ1n) is 5.98. The van der Waals surface area contributed by atoms with Crippen LogP contribution in [0, 0.1) is 0 Å². The summed E-state index contributed by atoms with van der Waals surface area (Å²) in [6.45, 7) is 0. The summed E-state index contributed by atoms with van der Waals surface area (Å²) >= 11 is 0. The molecule has 1 unspecified atom stereocenters. The van der Waals surface area contributed by atoms with Crippen LogP contribution in [0.5, 0.6) is 0 Å². The number of sulfonamides is 1. The van der Waals surface area contributed by atoms with E-state index >= 15 is 0 Å². The second-order valence-electron chi connectivity index (χ2n) is 4.48. The van der Waals surface area contributed by atoms with E-state index < -0.39 is 49.2 Å². The number of hydrogen-bond acceptors (Lipinski definition) is 5. The van der Waals surface area contributed by atoms with Crippen LogP contribution in [0.4, 0.5) is 26.5 Å². The van der Waals surface area contributed by atoms with Crippen LogP contribution in [-0.2, 0) is 29.2 Å². The molecule has 0 aromatic rings. The molecule has 0 radical (unpaired) electrons. The zero-order chi connectivity index (χ0) is 17.8. The molecule has 23 heavy (non-hydrogen) atoms. The Labute approximate surface area is 127 Å². The minimum Gasteiger partial charge on any atom is -0.464 e. The van der Waals surface area contributed by atoms with Crippen LogP contribution in [0.15, 0.2) is 15.9 Å². The number of hydrogen-bond donors (Lipinski definition) is 0. The van der Waals surface area contributed by atoms with Gasteiger partial charge >= 0.3 is 17.9 Å². The molecule has 136 valence electrons. The second-order valence-corrected chi connectivity index (χ2v) is 8.28. The van der Waals surface area contributed by atoms with Crippen molar-refractivity contribution in [3.63, 3.8) is 0 Å². The van der Waals surface area contributed by atoms with Gasteiger partial charge in [0.1, 0.15) is 6.10 Å². The summed E-state index contributed by atoms with van der Waals surface area (Å²) in [6.07, 6.45) is -4.75. The van der Waals surface area contributed by atoms with Crippen molar-refractivity contribution in [1.82, 2.24) is 0 Å². The van der Waals surface area contributed by atoms with Gasteiger partial charge in [0.2, 0.25) is 0 Å².